The number of benzene rings is 1. The normalized spacial score (nSPS) is 10.7. The van der Waals surface area contributed by atoms with E-state index in [0.29, 0.717) is 13.2 Å². The molecule has 14 heavy (non-hydrogen) atoms. The second kappa shape index (κ2) is 3.72. The summed E-state index contributed by atoms with van der Waals surface area (Å²) in [7, 11) is 0. The van der Waals surface area contributed by atoms with Crippen molar-refractivity contribution in [1.82, 2.24) is 4.98 Å². The molecule has 1 heterocycles. The van der Waals surface area contributed by atoms with Gasteiger partial charge in [-0.3, -0.25) is 0 Å². The highest BCUT2D eigenvalue weighted by molar-refractivity contribution is 5.81. The van der Waals surface area contributed by atoms with Gasteiger partial charge in [-0.2, -0.15) is 0 Å². The van der Waals surface area contributed by atoms with E-state index in [1.165, 1.54) is 0 Å². The SMILES string of the molecule is CCOc1ccc2[nH]c(CN)cc2c1. The third kappa shape index (κ3) is 1.59. The van der Waals surface area contributed by atoms with E-state index in [9.17, 15) is 0 Å². The van der Waals surface area contributed by atoms with E-state index < -0.39 is 0 Å². The van der Waals surface area contributed by atoms with Gasteiger partial charge in [0.05, 0.1) is 6.61 Å². The Labute approximate surface area is 82.9 Å². The lowest BCUT2D eigenvalue weighted by Gasteiger charge is -2.01. The standard InChI is InChI=1S/C11H14N2O/c1-2-14-10-3-4-11-8(6-10)5-9(7-12)13-11/h3-6,13H,2,7,12H2,1H3. The Morgan fingerprint density at radius 1 is 1.36 bits per heavy atom. The van der Waals surface area contributed by atoms with E-state index in [1.807, 2.05) is 25.1 Å². The van der Waals surface area contributed by atoms with Gasteiger partial charge in [-0.05, 0) is 31.2 Å². The van der Waals surface area contributed by atoms with Crippen LogP contribution in [0.5, 0.6) is 5.75 Å². The Bertz CT molecular complexity index is 434. The summed E-state index contributed by atoms with van der Waals surface area (Å²) in [6.45, 7) is 3.21. The first-order valence-corrected chi connectivity index (χ1v) is 4.78. The van der Waals surface area contributed by atoms with E-state index in [0.717, 1.165) is 22.3 Å². The molecule has 1 aromatic heterocycles. The number of hydrogen-bond donors (Lipinski definition) is 2. The summed E-state index contributed by atoms with van der Waals surface area (Å²) in [5.74, 6) is 0.905. The summed E-state index contributed by atoms with van der Waals surface area (Å²) in [6.07, 6.45) is 0. The van der Waals surface area contributed by atoms with Crippen molar-refractivity contribution < 1.29 is 4.74 Å². The fourth-order valence-electron chi connectivity index (χ4n) is 1.54. The van der Waals surface area contributed by atoms with Gasteiger partial charge in [0.15, 0.2) is 0 Å². The number of aromatic amines is 1. The van der Waals surface area contributed by atoms with Crippen LogP contribution in [0.15, 0.2) is 24.3 Å². The molecule has 0 saturated heterocycles. The monoisotopic (exact) mass is 190 g/mol. The Morgan fingerprint density at radius 2 is 2.21 bits per heavy atom. The first-order valence-electron chi connectivity index (χ1n) is 4.78. The fraction of sp³-hybridized carbons (Fsp3) is 0.273. The maximum atomic E-state index is 5.55. The van der Waals surface area contributed by atoms with Crippen molar-refractivity contribution in [3.05, 3.63) is 30.0 Å². The highest BCUT2D eigenvalue weighted by Gasteiger charge is 2.00. The van der Waals surface area contributed by atoms with Gasteiger partial charge >= 0.3 is 0 Å². The summed E-state index contributed by atoms with van der Waals surface area (Å²) in [5, 5.41) is 1.15. The zero-order chi connectivity index (χ0) is 9.97. The predicted octanol–water partition coefficient (Wildman–Crippen LogP) is 2.03. The van der Waals surface area contributed by atoms with Crippen LogP contribution >= 0.6 is 0 Å². The lowest BCUT2D eigenvalue weighted by atomic mass is 10.2. The molecule has 0 fully saturated rings. The largest absolute Gasteiger partial charge is 0.494 e. The number of hydrogen-bond acceptors (Lipinski definition) is 2. The van der Waals surface area contributed by atoms with Gasteiger partial charge in [0.2, 0.25) is 0 Å². The number of nitrogens with two attached hydrogens (primary N) is 1. The minimum Gasteiger partial charge on any atom is -0.494 e. The minimum atomic E-state index is 0.540. The van der Waals surface area contributed by atoms with E-state index in [1.54, 1.807) is 0 Å². The van der Waals surface area contributed by atoms with Crippen molar-refractivity contribution in [3.63, 3.8) is 0 Å². The average molecular weight is 190 g/mol. The molecular formula is C11H14N2O. The molecule has 1 aromatic carbocycles. The van der Waals surface area contributed by atoms with Gasteiger partial charge in [-0.25, -0.2) is 0 Å². The van der Waals surface area contributed by atoms with E-state index in [4.69, 9.17) is 10.5 Å². The smallest absolute Gasteiger partial charge is 0.120 e. The van der Waals surface area contributed by atoms with E-state index >= 15 is 0 Å². The van der Waals surface area contributed by atoms with Crippen molar-refractivity contribution in [2.75, 3.05) is 6.61 Å². The molecule has 0 unspecified atom stereocenters. The van der Waals surface area contributed by atoms with Gasteiger partial charge in [0.25, 0.3) is 0 Å². The molecule has 0 atom stereocenters. The Balaban J connectivity index is 2.43. The van der Waals surface area contributed by atoms with Gasteiger partial charge in [0.1, 0.15) is 5.75 Å². The van der Waals surface area contributed by atoms with Crippen LogP contribution in [0.2, 0.25) is 0 Å². The molecule has 0 aliphatic heterocycles. The Kier molecular flexibility index (Phi) is 2.41. The van der Waals surface area contributed by atoms with Gasteiger partial charge in [-0.1, -0.05) is 0 Å². The predicted molar refractivity (Wildman–Crippen MR) is 57.4 cm³/mol. The second-order valence-corrected chi connectivity index (χ2v) is 3.18. The van der Waals surface area contributed by atoms with Gasteiger partial charge < -0.3 is 15.5 Å². The van der Waals surface area contributed by atoms with Crippen LogP contribution in [-0.2, 0) is 6.54 Å². The number of aromatic nitrogens is 1. The van der Waals surface area contributed by atoms with Crippen molar-refractivity contribution in [2.24, 2.45) is 5.73 Å². The van der Waals surface area contributed by atoms with Crippen molar-refractivity contribution >= 4 is 10.9 Å². The van der Waals surface area contributed by atoms with Gasteiger partial charge in [-0.15, -0.1) is 0 Å². The summed E-state index contributed by atoms with van der Waals surface area (Å²) < 4.78 is 5.41. The number of ether oxygens (including phenoxy) is 1. The highest BCUT2D eigenvalue weighted by atomic mass is 16.5. The van der Waals surface area contributed by atoms with Crippen LogP contribution in [0.1, 0.15) is 12.6 Å². The van der Waals surface area contributed by atoms with Crippen molar-refractivity contribution in [2.45, 2.75) is 13.5 Å². The zero-order valence-electron chi connectivity index (χ0n) is 8.21. The number of fused-ring (bicyclic) bond motifs is 1. The van der Waals surface area contributed by atoms with Crippen LogP contribution in [-0.4, -0.2) is 11.6 Å². The third-order valence-corrected chi connectivity index (χ3v) is 2.18. The molecule has 3 N–H and O–H groups in total. The van der Waals surface area contributed by atoms with Crippen LogP contribution in [0.4, 0.5) is 0 Å². The van der Waals surface area contributed by atoms with Crippen LogP contribution in [0.25, 0.3) is 10.9 Å². The Morgan fingerprint density at radius 3 is 2.93 bits per heavy atom. The lowest BCUT2D eigenvalue weighted by Crippen LogP contribution is -1.94. The molecule has 0 amide bonds. The van der Waals surface area contributed by atoms with Gasteiger partial charge in [0, 0.05) is 23.1 Å². The van der Waals surface area contributed by atoms with Crippen LogP contribution in [0.3, 0.4) is 0 Å². The first kappa shape index (κ1) is 9.09. The molecule has 2 aromatic rings. The molecule has 0 bridgehead atoms. The maximum Gasteiger partial charge on any atom is 0.120 e. The number of H-pyrrole nitrogens is 1. The molecule has 3 heteroatoms. The fourth-order valence-corrected chi connectivity index (χ4v) is 1.54. The molecule has 3 nitrogen and oxygen atoms in total. The molecular weight excluding hydrogens is 176 g/mol. The second-order valence-electron chi connectivity index (χ2n) is 3.18. The van der Waals surface area contributed by atoms with Crippen molar-refractivity contribution in [1.29, 1.82) is 0 Å². The molecule has 0 aliphatic carbocycles. The summed E-state index contributed by atoms with van der Waals surface area (Å²) >= 11 is 0. The van der Waals surface area contributed by atoms with E-state index in [2.05, 4.69) is 11.1 Å². The minimum absolute atomic E-state index is 0.540. The highest BCUT2D eigenvalue weighted by Crippen LogP contribution is 2.21. The van der Waals surface area contributed by atoms with Crippen LogP contribution in [0, 0.1) is 0 Å². The first-order chi connectivity index (χ1) is 6.83. The zero-order valence-corrected chi connectivity index (χ0v) is 8.21. The Hall–Kier alpha value is -1.48. The summed E-state index contributed by atoms with van der Waals surface area (Å²) in [5.41, 5.74) is 7.70. The topological polar surface area (TPSA) is 51.0 Å². The lowest BCUT2D eigenvalue weighted by molar-refractivity contribution is 0.341. The molecule has 0 saturated carbocycles. The third-order valence-electron chi connectivity index (χ3n) is 2.18. The summed E-state index contributed by atoms with van der Waals surface area (Å²) in [6, 6.07) is 8.05. The maximum absolute atomic E-state index is 5.55. The average Bonchev–Trinajstić information content (AvgIpc) is 2.60. The molecule has 0 spiro atoms. The molecule has 0 radical (unpaired) electrons. The van der Waals surface area contributed by atoms with E-state index in [-0.39, 0.29) is 0 Å². The van der Waals surface area contributed by atoms with Crippen LogP contribution < -0.4 is 10.5 Å². The number of rotatable bonds is 3. The summed E-state index contributed by atoms with van der Waals surface area (Å²) in [4.78, 5) is 3.23. The molecule has 2 rings (SSSR count). The quantitative estimate of drug-likeness (QED) is 0.778. The molecule has 0 aliphatic rings. The number of nitrogens with one attached hydrogen (secondary N) is 1. The molecule has 74 valence electrons. The van der Waals surface area contributed by atoms with Crippen molar-refractivity contribution in [3.8, 4) is 5.75 Å².